The van der Waals surface area contributed by atoms with Crippen molar-refractivity contribution >= 4 is 5.97 Å². The maximum atomic E-state index is 13.4. The van der Waals surface area contributed by atoms with Crippen molar-refractivity contribution in [3.63, 3.8) is 0 Å². The Morgan fingerprint density at radius 2 is 2.12 bits per heavy atom. The van der Waals surface area contributed by atoms with Crippen molar-refractivity contribution in [3.05, 3.63) is 48.2 Å². The van der Waals surface area contributed by atoms with Crippen molar-refractivity contribution in [1.82, 2.24) is 9.97 Å². The average Bonchev–Trinajstić information content (AvgIpc) is 2.38. The Bertz CT molecular complexity index is 543. The molecule has 0 fully saturated rings. The molecule has 0 radical (unpaired) electrons. The van der Waals surface area contributed by atoms with Crippen LogP contribution in [0.5, 0.6) is 0 Å². The third-order valence-corrected chi connectivity index (χ3v) is 2.18. The zero-order chi connectivity index (χ0) is 12.3. The number of carbonyl (C=O) groups excluding carboxylic acids is 1. The van der Waals surface area contributed by atoms with Crippen LogP contribution in [0.3, 0.4) is 0 Å². The second-order valence-corrected chi connectivity index (χ2v) is 3.31. The van der Waals surface area contributed by atoms with Gasteiger partial charge in [-0.25, -0.2) is 9.18 Å². The summed E-state index contributed by atoms with van der Waals surface area (Å²) in [6, 6.07) is 3.92. The summed E-state index contributed by atoms with van der Waals surface area (Å²) in [6.45, 7) is 0. The highest BCUT2D eigenvalue weighted by atomic mass is 19.1. The molecule has 0 aliphatic carbocycles. The minimum Gasteiger partial charge on any atom is -0.465 e. The Morgan fingerprint density at radius 3 is 2.76 bits per heavy atom. The number of hydrogen-bond acceptors (Lipinski definition) is 4. The number of esters is 1. The molecule has 1 aromatic heterocycles. The first-order chi connectivity index (χ1) is 8.20. The van der Waals surface area contributed by atoms with E-state index in [9.17, 15) is 9.18 Å². The number of aromatic nitrogens is 2. The Hall–Kier alpha value is -2.30. The minimum atomic E-state index is -0.588. The van der Waals surface area contributed by atoms with Gasteiger partial charge in [-0.2, -0.15) is 0 Å². The Balaban J connectivity index is 2.49. The van der Waals surface area contributed by atoms with E-state index in [1.807, 2.05) is 0 Å². The number of hydrogen-bond donors (Lipinski definition) is 0. The molecule has 4 nitrogen and oxygen atoms in total. The molecule has 0 unspecified atom stereocenters. The summed E-state index contributed by atoms with van der Waals surface area (Å²) in [6.07, 6.45) is 4.51. The molecule has 0 aliphatic heterocycles. The van der Waals surface area contributed by atoms with Crippen LogP contribution in [0.1, 0.15) is 10.4 Å². The lowest BCUT2D eigenvalue weighted by molar-refractivity contribution is 0.0600. The molecule has 1 aromatic carbocycles. The van der Waals surface area contributed by atoms with E-state index in [4.69, 9.17) is 0 Å². The fourth-order valence-electron chi connectivity index (χ4n) is 1.42. The smallest absolute Gasteiger partial charge is 0.337 e. The number of ether oxygens (including phenoxy) is 1. The molecule has 0 N–H and O–H groups in total. The van der Waals surface area contributed by atoms with Crippen LogP contribution < -0.4 is 0 Å². The van der Waals surface area contributed by atoms with Crippen molar-refractivity contribution < 1.29 is 13.9 Å². The third-order valence-electron chi connectivity index (χ3n) is 2.18. The molecule has 0 atom stereocenters. The van der Waals surface area contributed by atoms with Gasteiger partial charge in [-0.15, -0.1) is 0 Å². The summed E-state index contributed by atoms with van der Waals surface area (Å²) in [5.41, 5.74) is 1.13. The van der Waals surface area contributed by atoms with Crippen molar-refractivity contribution in [3.8, 4) is 11.3 Å². The zero-order valence-corrected chi connectivity index (χ0v) is 9.05. The van der Waals surface area contributed by atoms with E-state index in [0.717, 1.165) is 6.07 Å². The second kappa shape index (κ2) is 4.69. The van der Waals surface area contributed by atoms with Gasteiger partial charge in [-0.3, -0.25) is 9.97 Å². The highest BCUT2D eigenvalue weighted by Crippen LogP contribution is 2.19. The molecule has 0 bridgehead atoms. The number of benzene rings is 1. The minimum absolute atomic E-state index is 0.146. The van der Waals surface area contributed by atoms with E-state index in [1.54, 1.807) is 0 Å². The van der Waals surface area contributed by atoms with Crippen molar-refractivity contribution in [2.24, 2.45) is 0 Å². The summed E-state index contributed by atoms with van der Waals surface area (Å²) >= 11 is 0. The molecule has 2 aromatic rings. The van der Waals surface area contributed by atoms with Gasteiger partial charge in [0.15, 0.2) is 0 Å². The molecule has 0 saturated carbocycles. The van der Waals surface area contributed by atoms with Crippen LogP contribution >= 0.6 is 0 Å². The topological polar surface area (TPSA) is 52.1 Å². The molecule has 2 rings (SSSR count). The van der Waals surface area contributed by atoms with Crippen LogP contribution in [0.4, 0.5) is 4.39 Å². The largest absolute Gasteiger partial charge is 0.465 e. The van der Waals surface area contributed by atoms with Gasteiger partial charge in [0.1, 0.15) is 5.82 Å². The maximum absolute atomic E-state index is 13.4. The SMILES string of the molecule is COC(=O)c1cc(F)cc(-c2cnccn2)c1. The monoisotopic (exact) mass is 232 g/mol. The number of methoxy groups -OCH3 is 1. The van der Waals surface area contributed by atoms with Gasteiger partial charge in [0.2, 0.25) is 0 Å². The van der Waals surface area contributed by atoms with E-state index in [0.29, 0.717) is 11.3 Å². The lowest BCUT2D eigenvalue weighted by Crippen LogP contribution is -2.02. The van der Waals surface area contributed by atoms with E-state index in [1.165, 1.54) is 37.8 Å². The molecule has 17 heavy (non-hydrogen) atoms. The molecule has 0 spiro atoms. The fourth-order valence-corrected chi connectivity index (χ4v) is 1.42. The third kappa shape index (κ3) is 2.44. The quantitative estimate of drug-likeness (QED) is 0.744. The van der Waals surface area contributed by atoms with Gasteiger partial charge in [0.05, 0.1) is 24.6 Å². The first-order valence-electron chi connectivity index (χ1n) is 4.86. The molecule has 0 saturated heterocycles. The van der Waals surface area contributed by atoms with E-state index in [-0.39, 0.29) is 5.56 Å². The van der Waals surface area contributed by atoms with Crippen molar-refractivity contribution in [2.45, 2.75) is 0 Å². The summed E-state index contributed by atoms with van der Waals surface area (Å²) in [5, 5.41) is 0. The average molecular weight is 232 g/mol. The van der Waals surface area contributed by atoms with Gasteiger partial charge in [-0.05, 0) is 18.2 Å². The summed E-state index contributed by atoms with van der Waals surface area (Å²) < 4.78 is 17.9. The van der Waals surface area contributed by atoms with Gasteiger partial charge >= 0.3 is 5.97 Å². The number of halogens is 1. The maximum Gasteiger partial charge on any atom is 0.337 e. The normalized spacial score (nSPS) is 10.0. The predicted octanol–water partition coefficient (Wildman–Crippen LogP) is 2.07. The molecule has 0 amide bonds. The van der Waals surface area contributed by atoms with Crippen molar-refractivity contribution in [1.29, 1.82) is 0 Å². The van der Waals surface area contributed by atoms with E-state index >= 15 is 0 Å². The Kier molecular flexibility index (Phi) is 3.09. The molecular formula is C12H9FN2O2. The molecule has 86 valence electrons. The fraction of sp³-hybridized carbons (Fsp3) is 0.0833. The summed E-state index contributed by atoms with van der Waals surface area (Å²) in [7, 11) is 1.25. The molecular weight excluding hydrogens is 223 g/mol. The number of rotatable bonds is 2. The number of carbonyl (C=O) groups is 1. The van der Waals surface area contributed by atoms with Gasteiger partial charge < -0.3 is 4.74 Å². The van der Waals surface area contributed by atoms with Crippen LogP contribution in [0.25, 0.3) is 11.3 Å². The molecule has 1 heterocycles. The van der Waals surface area contributed by atoms with Gasteiger partial charge in [0, 0.05) is 18.0 Å². The van der Waals surface area contributed by atoms with Crippen LogP contribution in [0, 0.1) is 5.82 Å². The standard InChI is InChI=1S/C12H9FN2O2/c1-17-12(16)9-4-8(5-10(13)6-9)11-7-14-2-3-15-11/h2-7H,1H3. The van der Waals surface area contributed by atoms with Crippen molar-refractivity contribution in [2.75, 3.05) is 7.11 Å². The molecule has 5 heteroatoms. The van der Waals surface area contributed by atoms with E-state index < -0.39 is 11.8 Å². The lowest BCUT2D eigenvalue weighted by Gasteiger charge is -2.04. The van der Waals surface area contributed by atoms with Gasteiger partial charge in [0.25, 0.3) is 0 Å². The first-order valence-corrected chi connectivity index (χ1v) is 4.86. The number of nitrogens with zero attached hydrogens (tertiary/aromatic N) is 2. The van der Waals surface area contributed by atoms with Crippen LogP contribution in [-0.2, 0) is 4.74 Å². The Labute approximate surface area is 97.1 Å². The lowest BCUT2D eigenvalue weighted by atomic mass is 10.1. The highest BCUT2D eigenvalue weighted by molar-refractivity contribution is 5.90. The van der Waals surface area contributed by atoms with Crippen LogP contribution in [0.2, 0.25) is 0 Å². The van der Waals surface area contributed by atoms with Crippen LogP contribution in [-0.4, -0.2) is 23.0 Å². The van der Waals surface area contributed by atoms with Crippen LogP contribution in [0.15, 0.2) is 36.8 Å². The Morgan fingerprint density at radius 1 is 1.29 bits per heavy atom. The van der Waals surface area contributed by atoms with E-state index in [2.05, 4.69) is 14.7 Å². The zero-order valence-electron chi connectivity index (χ0n) is 9.05. The predicted molar refractivity (Wildman–Crippen MR) is 58.8 cm³/mol. The second-order valence-electron chi connectivity index (χ2n) is 3.31. The summed E-state index contributed by atoms with van der Waals surface area (Å²) in [5.74, 6) is -1.11. The highest BCUT2D eigenvalue weighted by Gasteiger charge is 2.10. The summed E-state index contributed by atoms with van der Waals surface area (Å²) in [4.78, 5) is 19.2. The first kappa shape index (κ1) is 11.2. The molecule has 0 aliphatic rings. The van der Waals surface area contributed by atoms with Gasteiger partial charge in [-0.1, -0.05) is 0 Å².